The average Bonchev–Trinajstić information content (AvgIpc) is 2.79. The Morgan fingerprint density at radius 3 is 2.78 bits per heavy atom. The molecule has 0 amide bonds. The van der Waals surface area contributed by atoms with Crippen molar-refractivity contribution in [1.82, 2.24) is 4.90 Å². The van der Waals surface area contributed by atoms with Crippen molar-refractivity contribution in [2.75, 3.05) is 20.2 Å². The number of carbonyl (C=O) groups is 2. The molecule has 0 saturated carbocycles. The highest BCUT2D eigenvalue weighted by Gasteiger charge is 2.10. The molecule has 5 heteroatoms. The van der Waals surface area contributed by atoms with Gasteiger partial charge in [0.1, 0.15) is 5.78 Å². The van der Waals surface area contributed by atoms with Crippen LogP contribution in [0.1, 0.15) is 25.3 Å². The second kappa shape index (κ2) is 8.00. The van der Waals surface area contributed by atoms with Gasteiger partial charge in [0.15, 0.2) is 0 Å². The van der Waals surface area contributed by atoms with Crippen LogP contribution in [0.4, 0.5) is 0 Å². The third-order valence-electron chi connectivity index (χ3n) is 2.39. The van der Waals surface area contributed by atoms with Crippen molar-refractivity contribution < 1.29 is 14.3 Å². The number of hydrogen-bond donors (Lipinski definition) is 0. The lowest BCUT2D eigenvalue weighted by Gasteiger charge is -2.14. The summed E-state index contributed by atoms with van der Waals surface area (Å²) < 4.78 is 4.78. The highest BCUT2D eigenvalue weighted by Crippen LogP contribution is 2.08. The number of rotatable bonds is 8. The predicted octanol–water partition coefficient (Wildman–Crippen LogP) is 2.09. The van der Waals surface area contributed by atoms with Gasteiger partial charge in [0.2, 0.25) is 0 Å². The molecule has 18 heavy (non-hydrogen) atoms. The zero-order valence-corrected chi connectivity index (χ0v) is 11.7. The van der Waals surface area contributed by atoms with Crippen LogP contribution in [0.5, 0.6) is 0 Å². The summed E-state index contributed by atoms with van der Waals surface area (Å²) >= 11 is 1.65. The lowest BCUT2D eigenvalue weighted by atomic mass is 10.2. The molecule has 100 valence electrons. The van der Waals surface area contributed by atoms with E-state index in [-0.39, 0.29) is 24.6 Å². The van der Waals surface area contributed by atoms with Gasteiger partial charge in [-0.2, -0.15) is 11.3 Å². The molecule has 1 aromatic rings. The van der Waals surface area contributed by atoms with Crippen LogP contribution < -0.4 is 0 Å². The third-order valence-corrected chi connectivity index (χ3v) is 3.12. The first kappa shape index (κ1) is 14.9. The van der Waals surface area contributed by atoms with Crippen molar-refractivity contribution in [3.63, 3.8) is 0 Å². The quantitative estimate of drug-likeness (QED) is 0.678. The third kappa shape index (κ3) is 5.93. The summed E-state index contributed by atoms with van der Waals surface area (Å²) in [6.45, 7) is 3.25. The highest BCUT2D eigenvalue weighted by molar-refractivity contribution is 7.07. The minimum absolute atomic E-state index is 0.0702. The zero-order valence-electron chi connectivity index (χ0n) is 10.8. The van der Waals surface area contributed by atoms with Crippen LogP contribution >= 0.6 is 11.3 Å². The van der Waals surface area contributed by atoms with E-state index in [1.807, 2.05) is 23.4 Å². The highest BCUT2D eigenvalue weighted by atomic mass is 32.1. The van der Waals surface area contributed by atoms with Crippen molar-refractivity contribution >= 4 is 23.1 Å². The van der Waals surface area contributed by atoms with Crippen molar-refractivity contribution in [3.8, 4) is 0 Å². The Kier molecular flexibility index (Phi) is 6.60. The minimum atomic E-state index is -0.300. The van der Waals surface area contributed by atoms with Gasteiger partial charge in [-0.25, -0.2) is 0 Å². The van der Waals surface area contributed by atoms with Crippen molar-refractivity contribution in [2.45, 2.75) is 26.3 Å². The monoisotopic (exact) mass is 269 g/mol. The Morgan fingerprint density at radius 2 is 2.17 bits per heavy atom. The Balaban J connectivity index is 2.21. The van der Waals surface area contributed by atoms with Crippen molar-refractivity contribution in [2.24, 2.45) is 0 Å². The van der Waals surface area contributed by atoms with E-state index in [4.69, 9.17) is 4.74 Å². The molecule has 0 spiro atoms. The number of likely N-dealkylation sites (N-methyl/N-ethyl adjacent to an activating group) is 1. The van der Waals surface area contributed by atoms with Crippen LogP contribution in [0, 0.1) is 0 Å². The van der Waals surface area contributed by atoms with E-state index in [2.05, 4.69) is 5.38 Å². The number of thiophene rings is 1. The lowest BCUT2D eigenvalue weighted by molar-refractivity contribution is -0.144. The SMILES string of the molecule is CCOC(=O)CCC(=O)CN(C)Cc1ccsc1. The Morgan fingerprint density at radius 1 is 1.39 bits per heavy atom. The van der Waals surface area contributed by atoms with Gasteiger partial charge in [-0.1, -0.05) is 0 Å². The summed E-state index contributed by atoms with van der Waals surface area (Å²) in [4.78, 5) is 24.7. The Hall–Kier alpha value is -1.20. The van der Waals surface area contributed by atoms with Crippen LogP contribution in [-0.2, 0) is 20.9 Å². The standard InChI is InChI=1S/C13H19NO3S/c1-3-17-13(16)5-4-12(15)9-14(2)8-11-6-7-18-10-11/h6-7,10H,3-5,8-9H2,1-2H3. The topological polar surface area (TPSA) is 46.6 Å². The van der Waals surface area contributed by atoms with E-state index in [0.717, 1.165) is 6.54 Å². The molecule has 0 aliphatic carbocycles. The van der Waals surface area contributed by atoms with Crippen molar-refractivity contribution in [3.05, 3.63) is 22.4 Å². The van der Waals surface area contributed by atoms with Crippen LogP contribution in [0.2, 0.25) is 0 Å². The average molecular weight is 269 g/mol. The largest absolute Gasteiger partial charge is 0.466 e. The van der Waals surface area contributed by atoms with E-state index in [1.165, 1.54) is 5.56 Å². The smallest absolute Gasteiger partial charge is 0.306 e. The fourth-order valence-corrected chi connectivity index (χ4v) is 2.26. The fourth-order valence-electron chi connectivity index (χ4n) is 1.60. The van der Waals surface area contributed by atoms with E-state index in [9.17, 15) is 9.59 Å². The molecule has 0 fully saturated rings. The van der Waals surface area contributed by atoms with Gasteiger partial charge in [0, 0.05) is 13.0 Å². The molecule has 1 rings (SSSR count). The molecule has 0 aliphatic heterocycles. The van der Waals surface area contributed by atoms with Gasteiger partial charge in [-0.3, -0.25) is 14.5 Å². The molecule has 0 radical (unpaired) electrons. The molecule has 0 atom stereocenters. The molecule has 0 unspecified atom stereocenters. The summed E-state index contributed by atoms with van der Waals surface area (Å²) in [5.41, 5.74) is 1.21. The van der Waals surface area contributed by atoms with Crippen molar-refractivity contribution in [1.29, 1.82) is 0 Å². The number of ketones is 1. The molecule has 1 aromatic heterocycles. The van der Waals surface area contributed by atoms with Crippen LogP contribution in [0.25, 0.3) is 0 Å². The first-order valence-electron chi connectivity index (χ1n) is 5.98. The van der Waals surface area contributed by atoms with Gasteiger partial charge in [-0.15, -0.1) is 0 Å². The minimum Gasteiger partial charge on any atom is -0.466 e. The second-order valence-electron chi connectivity index (χ2n) is 4.15. The summed E-state index contributed by atoms with van der Waals surface area (Å²) in [7, 11) is 1.90. The first-order valence-corrected chi connectivity index (χ1v) is 6.93. The number of nitrogens with zero attached hydrogens (tertiary/aromatic N) is 1. The second-order valence-corrected chi connectivity index (χ2v) is 4.93. The molecule has 4 nitrogen and oxygen atoms in total. The summed E-state index contributed by atoms with van der Waals surface area (Å²) in [6.07, 6.45) is 0.436. The molecule has 0 aliphatic rings. The molecule has 0 bridgehead atoms. The number of esters is 1. The maximum atomic E-state index is 11.6. The van der Waals surface area contributed by atoms with Gasteiger partial charge in [-0.05, 0) is 36.4 Å². The van der Waals surface area contributed by atoms with E-state index >= 15 is 0 Å². The molecular weight excluding hydrogens is 250 g/mol. The van der Waals surface area contributed by atoms with E-state index < -0.39 is 0 Å². The molecule has 0 aromatic carbocycles. The van der Waals surface area contributed by atoms with E-state index in [0.29, 0.717) is 13.2 Å². The molecule has 0 N–H and O–H groups in total. The van der Waals surface area contributed by atoms with Gasteiger partial charge < -0.3 is 4.74 Å². The number of hydrogen-bond acceptors (Lipinski definition) is 5. The van der Waals surface area contributed by atoms with Crippen LogP contribution in [0.15, 0.2) is 16.8 Å². The van der Waals surface area contributed by atoms with Gasteiger partial charge >= 0.3 is 5.97 Å². The van der Waals surface area contributed by atoms with Crippen LogP contribution in [-0.4, -0.2) is 36.9 Å². The maximum absolute atomic E-state index is 11.6. The molecular formula is C13H19NO3S. The zero-order chi connectivity index (χ0) is 13.4. The lowest BCUT2D eigenvalue weighted by Crippen LogP contribution is -2.25. The van der Waals surface area contributed by atoms with Crippen LogP contribution in [0.3, 0.4) is 0 Å². The molecule has 0 saturated heterocycles. The Labute approximate surface area is 112 Å². The summed E-state index contributed by atoms with van der Waals surface area (Å²) in [6, 6.07) is 2.05. The number of carbonyl (C=O) groups excluding carboxylic acids is 2. The Bertz CT molecular complexity index is 376. The normalized spacial score (nSPS) is 10.6. The first-order chi connectivity index (χ1) is 8.61. The summed E-state index contributed by atoms with van der Waals surface area (Å²) in [5, 5.41) is 4.09. The van der Waals surface area contributed by atoms with Gasteiger partial charge in [0.05, 0.1) is 19.6 Å². The maximum Gasteiger partial charge on any atom is 0.306 e. The number of Topliss-reactive ketones (excluding diaryl/α,β-unsaturated/α-hetero) is 1. The fraction of sp³-hybridized carbons (Fsp3) is 0.538. The predicted molar refractivity (Wildman–Crippen MR) is 71.5 cm³/mol. The van der Waals surface area contributed by atoms with Gasteiger partial charge in [0.25, 0.3) is 0 Å². The number of ether oxygens (including phenoxy) is 1. The molecule has 1 heterocycles. The summed E-state index contributed by atoms with van der Waals surface area (Å²) in [5.74, 6) is -0.230. The van der Waals surface area contributed by atoms with E-state index in [1.54, 1.807) is 18.3 Å².